The molecule has 2 saturated heterocycles. The van der Waals surface area contributed by atoms with Gasteiger partial charge in [-0.15, -0.1) is 0 Å². The maximum Gasteiger partial charge on any atom is 0.238 e. The van der Waals surface area contributed by atoms with Crippen molar-refractivity contribution in [3.63, 3.8) is 0 Å². The van der Waals surface area contributed by atoms with Crippen LogP contribution in [-0.2, 0) is 10.5 Å². The first-order valence-electron chi connectivity index (χ1n) is 8.93. The third-order valence-electron chi connectivity index (χ3n) is 4.98. The Morgan fingerprint density at radius 2 is 2.24 bits per heavy atom. The second-order valence-electron chi connectivity index (χ2n) is 6.88. The van der Waals surface area contributed by atoms with Crippen molar-refractivity contribution in [3.05, 3.63) is 34.9 Å². The summed E-state index contributed by atoms with van der Waals surface area (Å²) in [7, 11) is 2.12. The molecule has 2 aliphatic heterocycles. The first-order valence-corrected chi connectivity index (χ1v) is 10.5. The Kier molecular flexibility index (Phi) is 7.01. The highest BCUT2D eigenvalue weighted by Crippen LogP contribution is 2.23. The first kappa shape index (κ1) is 19.0. The fourth-order valence-corrected chi connectivity index (χ4v) is 4.77. The minimum Gasteiger partial charge on any atom is -0.355 e. The molecule has 0 spiro atoms. The van der Waals surface area contributed by atoms with E-state index >= 15 is 0 Å². The van der Waals surface area contributed by atoms with Crippen LogP contribution in [0.1, 0.15) is 18.4 Å². The van der Waals surface area contributed by atoms with Crippen LogP contribution in [0, 0.1) is 5.92 Å². The van der Waals surface area contributed by atoms with Gasteiger partial charge in [-0.05, 0) is 43.8 Å². The van der Waals surface area contributed by atoms with Crippen LogP contribution in [0.3, 0.4) is 0 Å². The molecule has 5 nitrogen and oxygen atoms in total. The van der Waals surface area contributed by atoms with E-state index in [4.69, 9.17) is 11.6 Å². The highest BCUT2D eigenvalue weighted by Gasteiger charge is 2.42. The zero-order valence-corrected chi connectivity index (χ0v) is 16.2. The smallest absolute Gasteiger partial charge is 0.238 e. The lowest BCUT2D eigenvalue weighted by Gasteiger charge is -2.33. The molecule has 3 rings (SSSR count). The molecule has 138 valence electrons. The van der Waals surface area contributed by atoms with Crippen molar-refractivity contribution in [2.45, 2.75) is 30.7 Å². The van der Waals surface area contributed by atoms with Gasteiger partial charge in [0.25, 0.3) is 0 Å². The number of hydrogen-bond donors (Lipinski definition) is 3. The number of likely N-dealkylation sites (tertiary alicyclic amines) is 1. The molecule has 3 N–H and O–H groups in total. The fraction of sp³-hybridized carbons (Fsp3) is 0.611. The molecule has 1 aromatic rings. The van der Waals surface area contributed by atoms with Gasteiger partial charge in [0, 0.05) is 35.8 Å². The van der Waals surface area contributed by atoms with Crippen molar-refractivity contribution in [2.75, 3.05) is 32.4 Å². The van der Waals surface area contributed by atoms with E-state index in [1.54, 1.807) is 0 Å². The van der Waals surface area contributed by atoms with Gasteiger partial charge in [0.2, 0.25) is 5.91 Å². The van der Waals surface area contributed by atoms with Crippen molar-refractivity contribution < 1.29 is 4.79 Å². The molecule has 3 atom stereocenters. The zero-order chi connectivity index (χ0) is 17.6. The van der Waals surface area contributed by atoms with Crippen LogP contribution in [0.2, 0.25) is 5.02 Å². The van der Waals surface area contributed by atoms with E-state index in [1.807, 2.05) is 30.0 Å². The van der Waals surface area contributed by atoms with Crippen LogP contribution in [0.25, 0.3) is 0 Å². The summed E-state index contributed by atoms with van der Waals surface area (Å²) in [4.78, 5) is 14.8. The largest absolute Gasteiger partial charge is 0.355 e. The van der Waals surface area contributed by atoms with Gasteiger partial charge in [0.1, 0.15) is 6.04 Å². The summed E-state index contributed by atoms with van der Waals surface area (Å²) in [6.45, 7) is 2.78. The number of amides is 1. The number of hydrogen-bond acceptors (Lipinski definition) is 5. The van der Waals surface area contributed by atoms with E-state index in [0.29, 0.717) is 12.0 Å². The molecule has 0 bridgehead atoms. The third-order valence-corrected chi connectivity index (χ3v) is 6.44. The van der Waals surface area contributed by atoms with Crippen molar-refractivity contribution >= 4 is 29.3 Å². The molecule has 1 aromatic carbocycles. The lowest BCUT2D eigenvalue weighted by molar-refractivity contribution is -0.124. The topological polar surface area (TPSA) is 56.4 Å². The van der Waals surface area contributed by atoms with E-state index in [9.17, 15) is 4.79 Å². The highest BCUT2D eigenvalue weighted by molar-refractivity contribution is 7.98. The van der Waals surface area contributed by atoms with Gasteiger partial charge in [-0.3, -0.25) is 10.2 Å². The van der Waals surface area contributed by atoms with Gasteiger partial charge in [-0.1, -0.05) is 29.8 Å². The number of hydrazine groups is 1. The Balaban J connectivity index is 1.32. The van der Waals surface area contributed by atoms with Crippen molar-refractivity contribution in [1.29, 1.82) is 0 Å². The first-order chi connectivity index (χ1) is 12.1. The van der Waals surface area contributed by atoms with Gasteiger partial charge < -0.3 is 10.2 Å². The number of piperidine rings is 1. The quantitative estimate of drug-likeness (QED) is 0.628. The van der Waals surface area contributed by atoms with Gasteiger partial charge in [-0.2, -0.15) is 11.8 Å². The van der Waals surface area contributed by atoms with Gasteiger partial charge in [-0.25, -0.2) is 5.43 Å². The van der Waals surface area contributed by atoms with Gasteiger partial charge >= 0.3 is 0 Å². The standard InChI is InChI=1S/C18H27ClN4OS/c1-23-9-7-16-14(11-23)17(22-21-16)18(24)20-8-4-10-25-12-13-5-2-3-6-15(13)19/h2-3,5-6,14,16-17,21-22H,4,7-12H2,1H3,(H,20,24). The fourth-order valence-electron chi connectivity index (χ4n) is 3.53. The zero-order valence-electron chi connectivity index (χ0n) is 14.6. The Morgan fingerprint density at radius 3 is 3.08 bits per heavy atom. The summed E-state index contributed by atoms with van der Waals surface area (Å²) in [5, 5.41) is 3.91. The lowest BCUT2D eigenvalue weighted by atomic mass is 9.88. The Morgan fingerprint density at radius 1 is 1.40 bits per heavy atom. The predicted molar refractivity (Wildman–Crippen MR) is 105 cm³/mol. The second-order valence-corrected chi connectivity index (χ2v) is 8.39. The highest BCUT2D eigenvalue weighted by atomic mass is 35.5. The number of nitrogens with zero attached hydrogens (tertiary/aromatic N) is 1. The molecular weight excluding hydrogens is 356 g/mol. The molecule has 3 unspecified atom stereocenters. The second kappa shape index (κ2) is 9.24. The molecule has 7 heteroatoms. The average Bonchev–Trinajstić information content (AvgIpc) is 3.02. The summed E-state index contributed by atoms with van der Waals surface area (Å²) in [5.74, 6) is 2.40. The molecule has 1 amide bonds. The van der Waals surface area contributed by atoms with Gasteiger partial charge in [0.15, 0.2) is 0 Å². The molecular formula is C18H27ClN4OS. The number of carbonyl (C=O) groups is 1. The molecule has 2 heterocycles. The number of carbonyl (C=O) groups excluding carboxylic acids is 1. The summed E-state index contributed by atoms with van der Waals surface area (Å²) >= 11 is 8.01. The molecule has 0 aromatic heterocycles. The van der Waals surface area contributed by atoms with Crippen molar-refractivity contribution in [1.82, 2.24) is 21.1 Å². The Labute approximate surface area is 159 Å². The summed E-state index contributed by atoms with van der Waals surface area (Å²) in [5.41, 5.74) is 7.65. The molecule has 0 aliphatic carbocycles. The van der Waals surface area contributed by atoms with Crippen LogP contribution >= 0.6 is 23.4 Å². The minimum atomic E-state index is -0.122. The Hall–Kier alpha value is -0.790. The summed E-state index contributed by atoms with van der Waals surface area (Å²) in [6, 6.07) is 8.25. The number of benzene rings is 1. The van der Waals surface area contributed by atoms with Crippen LogP contribution in [0.15, 0.2) is 24.3 Å². The number of thioether (sulfide) groups is 1. The maximum absolute atomic E-state index is 12.4. The van der Waals surface area contributed by atoms with E-state index in [-0.39, 0.29) is 11.9 Å². The predicted octanol–water partition coefficient (Wildman–Crippen LogP) is 1.88. The van der Waals surface area contributed by atoms with E-state index in [1.165, 1.54) is 5.56 Å². The normalized spacial score (nSPS) is 26.4. The minimum absolute atomic E-state index is 0.117. The van der Waals surface area contributed by atoms with E-state index < -0.39 is 0 Å². The van der Waals surface area contributed by atoms with Crippen molar-refractivity contribution in [3.8, 4) is 0 Å². The average molecular weight is 383 g/mol. The Bertz CT molecular complexity index is 588. The molecule has 0 radical (unpaired) electrons. The monoisotopic (exact) mass is 382 g/mol. The maximum atomic E-state index is 12.4. The lowest BCUT2D eigenvalue weighted by Crippen LogP contribution is -2.49. The molecule has 2 aliphatic rings. The number of nitrogens with one attached hydrogen (secondary N) is 3. The number of fused-ring (bicyclic) bond motifs is 1. The van der Waals surface area contributed by atoms with Crippen molar-refractivity contribution in [2.24, 2.45) is 5.92 Å². The molecule has 2 fully saturated rings. The van der Waals surface area contributed by atoms with E-state index in [2.05, 4.69) is 34.2 Å². The van der Waals surface area contributed by atoms with E-state index in [0.717, 1.165) is 49.0 Å². The summed E-state index contributed by atoms with van der Waals surface area (Å²) < 4.78 is 0. The number of rotatable bonds is 7. The van der Waals surface area contributed by atoms with Gasteiger partial charge in [0.05, 0.1) is 0 Å². The van der Waals surface area contributed by atoms with Crippen LogP contribution < -0.4 is 16.2 Å². The molecule has 0 saturated carbocycles. The van der Waals surface area contributed by atoms with Crippen LogP contribution in [0.5, 0.6) is 0 Å². The molecule has 25 heavy (non-hydrogen) atoms. The third kappa shape index (κ3) is 5.11. The SMILES string of the molecule is CN1CCC2NNC(C(=O)NCCCSCc3ccccc3Cl)C2C1. The van der Waals surface area contributed by atoms with Crippen LogP contribution in [-0.4, -0.2) is 55.3 Å². The summed E-state index contributed by atoms with van der Waals surface area (Å²) in [6.07, 6.45) is 2.06. The number of halogens is 1. The van der Waals surface area contributed by atoms with Crippen LogP contribution in [0.4, 0.5) is 0 Å².